The average Bonchev–Trinajstić information content (AvgIpc) is 3.20. The summed E-state index contributed by atoms with van der Waals surface area (Å²) in [5, 5.41) is 11.9. The minimum absolute atomic E-state index is 0.184. The number of nitrogens with zero attached hydrogens (tertiary/aromatic N) is 1. The van der Waals surface area contributed by atoms with E-state index in [1.54, 1.807) is 0 Å². The van der Waals surface area contributed by atoms with Gasteiger partial charge in [-0.1, -0.05) is 0 Å². The van der Waals surface area contributed by atoms with Crippen LogP contribution in [0.1, 0.15) is 32.1 Å². The second-order valence-corrected chi connectivity index (χ2v) is 5.96. The van der Waals surface area contributed by atoms with E-state index in [0.717, 1.165) is 44.8 Å². The number of likely N-dealkylation sites (tertiary alicyclic amines) is 1. The first kappa shape index (κ1) is 14.6. The number of alkyl carbamates (subject to hydrolysis) is 1. The molecule has 2 atom stereocenters. The third-order valence-corrected chi connectivity index (χ3v) is 4.10. The van der Waals surface area contributed by atoms with Gasteiger partial charge in [-0.25, -0.2) is 4.79 Å². The molecule has 1 heterocycles. The zero-order chi connectivity index (χ0) is 13.7. The molecule has 1 aliphatic heterocycles. The van der Waals surface area contributed by atoms with Crippen LogP contribution in [0.5, 0.6) is 0 Å². The summed E-state index contributed by atoms with van der Waals surface area (Å²) < 4.78 is 4.69. The van der Waals surface area contributed by atoms with Crippen molar-refractivity contribution in [3.8, 4) is 0 Å². The Morgan fingerprint density at radius 3 is 2.79 bits per heavy atom. The van der Waals surface area contributed by atoms with Crippen molar-refractivity contribution < 1.29 is 14.6 Å². The lowest BCUT2D eigenvalue weighted by Gasteiger charge is -2.38. The number of aliphatic hydroxyl groups is 1. The van der Waals surface area contributed by atoms with E-state index >= 15 is 0 Å². The summed E-state index contributed by atoms with van der Waals surface area (Å²) in [6.07, 6.45) is 5.26. The molecule has 2 rings (SSSR count). The summed E-state index contributed by atoms with van der Waals surface area (Å²) >= 11 is 0. The summed E-state index contributed by atoms with van der Waals surface area (Å²) in [7, 11) is 1.41. The van der Waals surface area contributed by atoms with Crippen LogP contribution >= 0.6 is 0 Å². The molecule has 5 heteroatoms. The molecule has 2 unspecified atom stereocenters. The quantitative estimate of drug-likeness (QED) is 0.762. The fraction of sp³-hybridized carbons (Fsp3) is 0.929. The van der Waals surface area contributed by atoms with Crippen molar-refractivity contribution in [3.63, 3.8) is 0 Å². The molecule has 0 aromatic heterocycles. The highest BCUT2D eigenvalue weighted by Gasteiger charge is 2.31. The van der Waals surface area contributed by atoms with E-state index in [1.807, 2.05) is 0 Å². The molecule has 110 valence electrons. The molecule has 1 aliphatic carbocycles. The molecule has 2 fully saturated rings. The Balaban J connectivity index is 1.84. The summed E-state index contributed by atoms with van der Waals surface area (Å²) in [5.41, 5.74) is 0. The standard InChI is InChI=1S/C14H26N2O3/c1-19-14(18)15-13-7-12(3-2-6-17)9-16(10-13)8-11-4-5-11/h11-13,17H,2-10H2,1H3,(H,15,18). The predicted octanol–water partition coefficient (Wildman–Crippen LogP) is 1.22. The molecular formula is C14H26N2O3. The Morgan fingerprint density at radius 1 is 1.37 bits per heavy atom. The number of hydrogen-bond acceptors (Lipinski definition) is 4. The van der Waals surface area contributed by atoms with Gasteiger partial charge in [0, 0.05) is 32.3 Å². The van der Waals surface area contributed by atoms with E-state index in [1.165, 1.54) is 20.0 Å². The number of amides is 1. The number of hydrogen-bond donors (Lipinski definition) is 2. The monoisotopic (exact) mass is 270 g/mol. The first-order valence-electron chi connectivity index (χ1n) is 7.39. The molecule has 0 aromatic carbocycles. The summed E-state index contributed by atoms with van der Waals surface area (Å²) in [4.78, 5) is 13.8. The van der Waals surface area contributed by atoms with Crippen LogP contribution in [0.2, 0.25) is 0 Å². The molecule has 1 saturated carbocycles. The maximum atomic E-state index is 11.4. The molecular weight excluding hydrogens is 244 g/mol. The molecule has 0 aromatic rings. The highest BCUT2D eigenvalue weighted by molar-refractivity contribution is 5.67. The lowest BCUT2D eigenvalue weighted by atomic mass is 9.90. The van der Waals surface area contributed by atoms with Crippen molar-refractivity contribution in [2.24, 2.45) is 11.8 Å². The molecule has 19 heavy (non-hydrogen) atoms. The molecule has 0 bridgehead atoms. The Labute approximate surface area is 115 Å². The third kappa shape index (κ3) is 4.99. The second kappa shape index (κ2) is 7.10. The molecule has 1 amide bonds. The van der Waals surface area contributed by atoms with Crippen molar-refractivity contribution in [3.05, 3.63) is 0 Å². The Morgan fingerprint density at radius 2 is 2.16 bits per heavy atom. The zero-order valence-electron chi connectivity index (χ0n) is 11.8. The number of rotatable bonds is 6. The van der Waals surface area contributed by atoms with Crippen molar-refractivity contribution in [1.29, 1.82) is 0 Å². The maximum Gasteiger partial charge on any atom is 0.407 e. The normalized spacial score (nSPS) is 28.1. The molecule has 2 N–H and O–H groups in total. The van der Waals surface area contributed by atoms with Gasteiger partial charge in [-0.05, 0) is 43.9 Å². The van der Waals surface area contributed by atoms with Crippen LogP contribution in [0.4, 0.5) is 4.79 Å². The Hall–Kier alpha value is -0.810. The zero-order valence-corrected chi connectivity index (χ0v) is 11.8. The Bertz CT molecular complexity index is 294. The highest BCUT2D eigenvalue weighted by atomic mass is 16.5. The minimum atomic E-state index is -0.334. The van der Waals surface area contributed by atoms with E-state index in [-0.39, 0.29) is 18.7 Å². The maximum absolute atomic E-state index is 11.4. The number of carbonyl (C=O) groups excluding carboxylic acids is 1. The highest BCUT2D eigenvalue weighted by Crippen LogP contribution is 2.31. The number of nitrogens with one attached hydrogen (secondary N) is 1. The smallest absolute Gasteiger partial charge is 0.407 e. The van der Waals surface area contributed by atoms with Gasteiger partial charge in [-0.15, -0.1) is 0 Å². The largest absolute Gasteiger partial charge is 0.453 e. The first-order chi connectivity index (χ1) is 9.21. The van der Waals surface area contributed by atoms with Crippen LogP contribution in [0.15, 0.2) is 0 Å². The topological polar surface area (TPSA) is 61.8 Å². The molecule has 5 nitrogen and oxygen atoms in total. The van der Waals surface area contributed by atoms with E-state index in [4.69, 9.17) is 5.11 Å². The van der Waals surface area contributed by atoms with Gasteiger partial charge < -0.3 is 20.1 Å². The fourth-order valence-corrected chi connectivity index (χ4v) is 3.04. The van der Waals surface area contributed by atoms with Crippen LogP contribution in [-0.2, 0) is 4.74 Å². The summed E-state index contributed by atoms with van der Waals surface area (Å²) in [6.45, 7) is 3.46. The molecule has 1 saturated heterocycles. The summed E-state index contributed by atoms with van der Waals surface area (Å²) in [5.74, 6) is 1.44. The van der Waals surface area contributed by atoms with Gasteiger partial charge in [0.1, 0.15) is 0 Å². The van der Waals surface area contributed by atoms with E-state index in [9.17, 15) is 4.79 Å². The van der Waals surface area contributed by atoms with Crippen LogP contribution in [-0.4, -0.2) is 55.5 Å². The molecule has 0 radical (unpaired) electrons. The Kier molecular flexibility index (Phi) is 5.45. The van der Waals surface area contributed by atoms with Gasteiger partial charge >= 0.3 is 6.09 Å². The average molecular weight is 270 g/mol. The van der Waals surface area contributed by atoms with Gasteiger partial charge in [0.15, 0.2) is 0 Å². The fourth-order valence-electron chi connectivity index (χ4n) is 3.04. The summed E-state index contributed by atoms with van der Waals surface area (Å²) in [6, 6.07) is 0.184. The van der Waals surface area contributed by atoms with Crippen molar-refractivity contribution in [2.45, 2.75) is 38.1 Å². The van der Waals surface area contributed by atoms with Crippen molar-refractivity contribution in [2.75, 3.05) is 33.4 Å². The van der Waals surface area contributed by atoms with E-state index in [0.29, 0.717) is 5.92 Å². The number of ether oxygens (including phenoxy) is 1. The number of piperidine rings is 1. The molecule has 2 aliphatic rings. The van der Waals surface area contributed by atoms with Crippen molar-refractivity contribution >= 4 is 6.09 Å². The van der Waals surface area contributed by atoms with Crippen LogP contribution in [0.25, 0.3) is 0 Å². The van der Waals surface area contributed by atoms with Gasteiger partial charge in [0.05, 0.1) is 7.11 Å². The second-order valence-electron chi connectivity index (χ2n) is 5.96. The predicted molar refractivity (Wildman–Crippen MR) is 72.9 cm³/mol. The first-order valence-corrected chi connectivity index (χ1v) is 7.39. The van der Waals surface area contributed by atoms with Gasteiger partial charge in [0.25, 0.3) is 0 Å². The van der Waals surface area contributed by atoms with Gasteiger partial charge in [0.2, 0.25) is 0 Å². The lowest BCUT2D eigenvalue weighted by Crippen LogP contribution is -2.51. The SMILES string of the molecule is COC(=O)NC1CC(CCCO)CN(CC2CC2)C1. The van der Waals surface area contributed by atoms with Crippen LogP contribution in [0.3, 0.4) is 0 Å². The minimum Gasteiger partial charge on any atom is -0.453 e. The number of methoxy groups -OCH3 is 1. The van der Waals surface area contributed by atoms with E-state index in [2.05, 4.69) is 15.0 Å². The number of aliphatic hydroxyl groups excluding tert-OH is 1. The third-order valence-electron chi connectivity index (χ3n) is 4.10. The van der Waals surface area contributed by atoms with Gasteiger partial charge in [-0.2, -0.15) is 0 Å². The lowest BCUT2D eigenvalue weighted by molar-refractivity contribution is 0.114. The van der Waals surface area contributed by atoms with Crippen LogP contribution in [0, 0.1) is 11.8 Å². The number of carbonyl (C=O) groups is 1. The van der Waals surface area contributed by atoms with Gasteiger partial charge in [-0.3, -0.25) is 0 Å². The van der Waals surface area contributed by atoms with Crippen LogP contribution < -0.4 is 5.32 Å². The van der Waals surface area contributed by atoms with E-state index < -0.39 is 0 Å². The van der Waals surface area contributed by atoms with Crippen molar-refractivity contribution in [1.82, 2.24) is 10.2 Å². The molecule has 0 spiro atoms.